The zero-order valence-corrected chi connectivity index (χ0v) is 12.5. The van der Waals surface area contributed by atoms with Gasteiger partial charge in [-0.1, -0.05) is 0 Å². The van der Waals surface area contributed by atoms with Crippen molar-refractivity contribution in [2.45, 2.75) is 5.51 Å². The molecule has 120 valence electrons. The quantitative estimate of drug-likeness (QED) is 0.555. The van der Waals surface area contributed by atoms with Crippen LogP contribution in [-0.2, 0) is 10.0 Å². The lowest BCUT2D eigenvalue weighted by atomic mass is 10.3. The highest BCUT2D eigenvalue weighted by Gasteiger charge is 2.27. The van der Waals surface area contributed by atoms with Gasteiger partial charge in [-0.05, 0) is 36.0 Å². The second-order valence-electron chi connectivity index (χ2n) is 3.92. The van der Waals surface area contributed by atoms with E-state index in [1.54, 1.807) is 24.3 Å². The molecular formula is C11H15F3N2O3S2. The highest BCUT2D eigenvalue weighted by molar-refractivity contribution is 8.00. The standard InChI is InChI=1S/C11H15F3N2O3S2/c12-11(13,14)20-7-5-16-21(17,18)8-6-19-10-3-1-9(15)2-4-10/h1-4,16H,5-8,15H2. The summed E-state index contributed by atoms with van der Waals surface area (Å²) in [5.41, 5.74) is 1.68. The second-order valence-corrected chi connectivity index (χ2v) is 7.01. The summed E-state index contributed by atoms with van der Waals surface area (Å²) in [5.74, 6) is -0.248. The van der Waals surface area contributed by atoms with E-state index >= 15 is 0 Å². The number of thioether (sulfide) groups is 1. The monoisotopic (exact) mass is 344 g/mol. The first-order valence-corrected chi connectivity index (χ1v) is 8.48. The van der Waals surface area contributed by atoms with E-state index in [1.807, 2.05) is 0 Å². The molecule has 0 aliphatic heterocycles. The first-order valence-electron chi connectivity index (χ1n) is 5.84. The van der Waals surface area contributed by atoms with E-state index in [9.17, 15) is 21.6 Å². The molecule has 0 spiro atoms. The first kappa shape index (κ1) is 17.9. The molecule has 5 nitrogen and oxygen atoms in total. The Morgan fingerprint density at radius 1 is 1.24 bits per heavy atom. The molecule has 0 aromatic heterocycles. The lowest BCUT2D eigenvalue weighted by Gasteiger charge is -2.09. The Kier molecular flexibility index (Phi) is 6.62. The third kappa shape index (κ3) is 8.68. The van der Waals surface area contributed by atoms with Crippen LogP contribution in [-0.4, -0.2) is 38.6 Å². The third-order valence-corrected chi connectivity index (χ3v) is 4.27. The van der Waals surface area contributed by atoms with E-state index in [2.05, 4.69) is 4.72 Å². The molecule has 0 aliphatic carbocycles. The molecule has 0 saturated heterocycles. The van der Waals surface area contributed by atoms with Crippen molar-refractivity contribution in [1.29, 1.82) is 0 Å². The van der Waals surface area contributed by atoms with Crippen molar-refractivity contribution in [2.24, 2.45) is 0 Å². The Labute approximate surface area is 125 Å². The lowest BCUT2D eigenvalue weighted by Crippen LogP contribution is -2.31. The average Bonchev–Trinajstić information content (AvgIpc) is 2.36. The molecular weight excluding hydrogens is 329 g/mol. The molecule has 21 heavy (non-hydrogen) atoms. The summed E-state index contributed by atoms with van der Waals surface area (Å²) in [6.07, 6.45) is 0. The first-order chi connectivity index (χ1) is 9.68. The summed E-state index contributed by atoms with van der Waals surface area (Å²) >= 11 is -0.274. The molecule has 1 aromatic rings. The molecule has 0 amide bonds. The van der Waals surface area contributed by atoms with Crippen molar-refractivity contribution in [2.75, 3.05) is 30.4 Å². The Morgan fingerprint density at radius 3 is 2.43 bits per heavy atom. The van der Waals surface area contributed by atoms with Gasteiger partial charge in [0.25, 0.3) is 0 Å². The molecule has 0 saturated carbocycles. The topological polar surface area (TPSA) is 81.4 Å². The highest BCUT2D eigenvalue weighted by Crippen LogP contribution is 2.29. The summed E-state index contributed by atoms with van der Waals surface area (Å²) in [6.45, 7) is -0.389. The highest BCUT2D eigenvalue weighted by atomic mass is 32.2. The van der Waals surface area contributed by atoms with Gasteiger partial charge in [0.15, 0.2) is 0 Å². The number of anilines is 1. The summed E-state index contributed by atoms with van der Waals surface area (Å²) in [5, 5.41) is 0. The van der Waals surface area contributed by atoms with E-state index < -0.39 is 15.5 Å². The van der Waals surface area contributed by atoms with Crippen molar-refractivity contribution in [3.8, 4) is 5.75 Å². The van der Waals surface area contributed by atoms with Crippen molar-refractivity contribution >= 4 is 27.5 Å². The largest absolute Gasteiger partial charge is 0.492 e. The second kappa shape index (κ2) is 7.76. The van der Waals surface area contributed by atoms with Crippen molar-refractivity contribution in [3.05, 3.63) is 24.3 Å². The van der Waals surface area contributed by atoms with Crippen LogP contribution in [0.5, 0.6) is 5.75 Å². The number of rotatable bonds is 8. The van der Waals surface area contributed by atoms with E-state index in [4.69, 9.17) is 10.5 Å². The van der Waals surface area contributed by atoms with Crippen molar-refractivity contribution in [3.63, 3.8) is 0 Å². The van der Waals surface area contributed by atoms with Gasteiger partial charge in [0.2, 0.25) is 10.0 Å². The summed E-state index contributed by atoms with van der Waals surface area (Å²) in [6, 6.07) is 6.40. The maximum absolute atomic E-state index is 11.9. The van der Waals surface area contributed by atoms with E-state index in [0.29, 0.717) is 11.4 Å². The van der Waals surface area contributed by atoms with E-state index in [1.165, 1.54) is 0 Å². The van der Waals surface area contributed by atoms with Crippen LogP contribution in [0.3, 0.4) is 0 Å². The predicted octanol–water partition coefficient (Wildman–Crippen LogP) is 1.82. The summed E-state index contributed by atoms with van der Waals surface area (Å²) < 4.78 is 65.8. The number of hydrogen-bond acceptors (Lipinski definition) is 5. The van der Waals surface area contributed by atoms with Gasteiger partial charge in [-0.2, -0.15) is 13.2 Å². The predicted molar refractivity (Wildman–Crippen MR) is 76.7 cm³/mol. The van der Waals surface area contributed by atoms with Gasteiger partial charge in [-0.15, -0.1) is 0 Å². The maximum atomic E-state index is 11.9. The minimum atomic E-state index is -4.36. The maximum Gasteiger partial charge on any atom is 0.441 e. The normalized spacial score (nSPS) is 12.3. The number of hydrogen-bond donors (Lipinski definition) is 2. The SMILES string of the molecule is Nc1ccc(OCCS(=O)(=O)NCCSC(F)(F)F)cc1. The zero-order chi connectivity index (χ0) is 15.9. The molecule has 10 heteroatoms. The van der Waals surface area contributed by atoms with Crippen LogP contribution in [0.1, 0.15) is 0 Å². The molecule has 1 rings (SSSR count). The molecule has 0 radical (unpaired) electrons. The van der Waals surface area contributed by atoms with Gasteiger partial charge in [0.1, 0.15) is 12.4 Å². The molecule has 0 unspecified atom stereocenters. The Balaban J connectivity index is 2.25. The van der Waals surface area contributed by atoms with Crippen LogP contribution in [0.15, 0.2) is 24.3 Å². The molecule has 0 aliphatic rings. The van der Waals surface area contributed by atoms with Crippen molar-refractivity contribution in [1.82, 2.24) is 4.72 Å². The van der Waals surface area contributed by atoms with E-state index in [-0.39, 0.29) is 36.4 Å². The number of halogens is 3. The van der Waals surface area contributed by atoms with Gasteiger partial charge in [-0.3, -0.25) is 0 Å². The Bertz CT molecular complexity index is 533. The van der Waals surface area contributed by atoms with Gasteiger partial charge in [0, 0.05) is 18.0 Å². The fourth-order valence-corrected chi connectivity index (χ4v) is 2.69. The molecule has 0 fully saturated rings. The van der Waals surface area contributed by atoms with Crippen LogP contribution in [0.2, 0.25) is 0 Å². The number of nitrogen functional groups attached to an aromatic ring is 1. The molecule has 1 aromatic carbocycles. The lowest BCUT2D eigenvalue weighted by molar-refractivity contribution is -0.0327. The Morgan fingerprint density at radius 2 is 1.86 bits per heavy atom. The Hall–Kier alpha value is -1.13. The van der Waals surface area contributed by atoms with Gasteiger partial charge < -0.3 is 10.5 Å². The number of nitrogens with one attached hydrogen (secondary N) is 1. The fraction of sp³-hybridized carbons (Fsp3) is 0.455. The fourth-order valence-electron chi connectivity index (χ4n) is 1.27. The minimum Gasteiger partial charge on any atom is -0.492 e. The number of ether oxygens (including phenoxy) is 1. The van der Waals surface area contributed by atoms with Crippen LogP contribution in [0.4, 0.5) is 18.9 Å². The minimum absolute atomic E-state index is 0.105. The van der Waals surface area contributed by atoms with Gasteiger partial charge >= 0.3 is 5.51 Å². The average molecular weight is 344 g/mol. The number of sulfonamides is 1. The van der Waals surface area contributed by atoms with Crippen LogP contribution >= 0.6 is 11.8 Å². The molecule has 3 N–H and O–H groups in total. The summed E-state index contributed by atoms with van der Waals surface area (Å²) in [4.78, 5) is 0. The number of nitrogens with two attached hydrogens (primary N) is 1. The van der Waals surface area contributed by atoms with Gasteiger partial charge in [0.05, 0.1) is 5.75 Å². The molecule has 0 heterocycles. The van der Waals surface area contributed by atoms with Crippen LogP contribution < -0.4 is 15.2 Å². The molecule has 0 bridgehead atoms. The van der Waals surface area contributed by atoms with Crippen LogP contribution in [0.25, 0.3) is 0 Å². The number of benzene rings is 1. The zero-order valence-electron chi connectivity index (χ0n) is 10.9. The smallest absolute Gasteiger partial charge is 0.441 e. The number of alkyl halides is 3. The van der Waals surface area contributed by atoms with E-state index in [0.717, 1.165) is 0 Å². The third-order valence-electron chi connectivity index (χ3n) is 2.19. The summed E-state index contributed by atoms with van der Waals surface area (Å²) in [7, 11) is -3.66. The van der Waals surface area contributed by atoms with Crippen molar-refractivity contribution < 1.29 is 26.3 Å². The van der Waals surface area contributed by atoms with Gasteiger partial charge in [-0.25, -0.2) is 13.1 Å². The van der Waals surface area contributed by atoms with Crippen LogP contribution in [0, 0.1) is 0 Å². The molecule has 0 atom stereocenters.